The third-order valence-electron chi connectivity index (χ3n) is 4.78. The lowest BCUT2D eigenvalue weighted by molar-refractivity contribution is 1.35. The monoisotopic (exact) mass is 388 g/mol. The molecular weight excluding hydrogens is 375 g/mol. The number of rotatable bonds is 2. The molecule has 1 N–H and O–H groups in total. The summed E-state index contributed by atoms with van der Waals surface area (Å²) in [7, 11) is 0. The van der Waals surface area contributed by atoms with Gasteiger partial charge in [-0.1, -0.05) is 59.6 Å². The lowest BCUT2D eigenvalue weighted by Crippen LogP contribution is -1.91. The van der Waals surface area contributed by atoms with Crippen LogP contribution in [0.2, 0.25) is 10.0 Å². The van der Waals surface area contributed by atoms with Gasteiger partial charge < -0.3 is 4.98 Å². The van der Waals surface area contributed by atoms with Crippen LogP contribution >= 0.6 is 23.2 Å². The first-order chi connectivity index (χ1) is 13.2. The molecule has 2 aromatic heterocycles. The SMILES string of the molecule is Clc1ccc(-c2cc3ccc(Cl)cc3c(-c3c[nH]c4ccccc34)n2)cc1. The molecule has 0 amide bonds. The number of para-hydroxylation sites is 1. The van der Waals surface area contributed by atoms with Gasteiger partial charge in [-0.25, -0.2) is 4.98 Å². The largest absolute Gasteiger partial charge is 0.360 e. The Morgan fingerprint density at radius 2 is 1.52 bits per heavy atom. The fraction of sp³-hybridized carbons (Fsp3) is 0. The zero-order valence-corrected chi connectivity index (χ0v) is 15.7. The number of aromatic nitrogens is 2. The number of hydrogen-bond acceptors (Lipinski definition) is 1. The molecule has 0 spiro atoms. The van der Waals surface area contributed by atoms with E-state index >= 15 is 0 Å². The van der Waals surface area contributed by atoms with Crippen molar-refractivity contribution in [1.29, 1.82) is 0 Å². The predicted molar refractivity (Wildman–Crippen MR) is 114 cm³/mol. The fourth-order valence-corrected chi connectivity index (χ4v) is 3.76. The normalized spacial score (nSPS) is 11.3. The highest BCUT2D eigenvalue weighted by molar-refractivity contribution is 6.31. The molecule has 27 heavy (non-hydrogen) atoms. The van der Waals surface area contributed by atoms with E-state index < -0.39 is 0 Å². The summed E-state index contributed by atoms with van der Waals surface area (Å²) >= 11 is 12.3. The van der Waals surface area contributed by atoms with Gasteiger partial charge in [0.2, 0.25) is 0 Å². The molecule has 4 heteroatoms. The average molecular weight is 389 g/mol. The first kappa shape index (κ1) is 16.4. The summed E-state index contributed by atoms with van der Waals surface area (Å²) in [6.45, 7) is 0. The van der Waals surface area contributed by atoms with E-state index in [-0.39, 0.29) is 0 Å². The highest BCUT2D eigenvalue weighted by atomic mass is 35.5. The van der Waals surface area contributed by atoms with E-state index in [1.165, 1.54) is 0 Å². The van der Waals surface area contributed by atoms with Crippen LogP contribution in [-0.4, -0.2) is 9.97 Å². The van der Waals surface area contributed by atoms with Crippen LogP contribution < -0.4 is 0 Å². The Kier molecular flexibility index (Phi) is 3.89. The van der Waals surface area contributed by atoms with Gasteiger partial charge in [0.15, 0.2) is 0 Å². The second kappa shape index (κ2) is 6.41. The number of nitrogens with one attached hydrogen (secondary N) is 1. The Balaban J connectivity index is 1.83. The molecule has 130 valence electrons. The van der Waals surface area contributed by atoms with Crippen molar-refractivity contribution < 1.29 is 0 Å². The average Bonchev–Trinajstić information content (AvgIpc) is 3.12. The maximum absolute atomic E-state index is 6.29. The minimum absolute atomic E-state index is 0.699. The second-order valence-corrected chi connectivity index (χ2v) is 7.35. The van der Waals surface area contributed by atoms with E-state index in [4.69, 9.17) is 28.2 Å². The van der Waals surface area contributed by atoms with Crippen LogP contribution in [0.3, 0.4) is 0 Å². The molecule has 0 saturated carbocycles. The molecule has 0 aliphatic heterocycles. The maximum Gasteiger partial charge on any atom is 0.0809 e. The van der Waals surface area contributed by atoms with Gasteiger partial charge in [0.1, 0.15) is 0 Å². The third kappa shape index (κ3) is 2.87. The second-order valence-electron chi connectivity index (χ2n) is 6.48. The first-order valence-electron chi connectivity index (χ1n) is 8.62. The van der Waals surface area contributed by atoms with Crippen LogP contribution in [0.25, 0.3) is 44.2 Å². The minimum Gasteiger partial charge on any atom is -0.360 e. The molecule has 0 bridgehead atoms. The Morgan fingerprint density at radius 3 is 2.37 bits per heavy atom. The van der Waals surface area contributed by atoms with Gasteiger partial charge in [0.05, 0.1) is 11.4 Å². The van der Waals surface area contributed by atoms with Gasteiger partial charge >= 0.3 is 0 Å². The third-order valence-corrected chi connectivity index (χ3v) is 5.27. The van der Waals surface area contributed by atoms with Gasteiger partial charge in [-0.2, -0.15) is 0 Å². The zero-order valence-electron chi connectivity index (χ0n) is 14.2. The van der Waals surface area contributed by atoms with E-state index in [1.54, 1.807) is 0 Å². The summed E-state index contributed by atoms with van der Waals surface area (Å²) < 4.78 is 0. The Morgan fingerprint density at radius 1 is 0.741 bits per heavy atom. The summed E-state index contributed by atoms with van der Waals surface area (Å²) in [5, 5.41) is 4.68. The Hall–Kier alpha value is -2.81. The smallest absolute Gasteiger partial charge is 0.0809 e. The topological polar surface area (TPSA) is 28.7 Å². The minimum atomic E-state index is 0.699. The van der Waals surface area contributed by atoms with Gasteiger partial charge in [-0.15, -0.1) is 0 Å². The predicted octanol–water partition coefficient (Wildman–Crippen LogP) is 7.36. The van der Waals surface area contributed by atoms with Crippen LogP contribution in [0.15, 0.2) is 79.0 Å². The highest BCUT2D eigenvalue weighted by Crippen LogP contribution is 2.36. The summed E-state index contributed by atoms with van der Waals surface area (Å²) in [5.74, 6) is 0. The van der Waals surface area contributed by atoms with E-state index in [0.717, 1.165) is 44.2 Å². The van der Waals surface area contributed by atoms with Gasteiger partial charge in [0.25, 0.3) is 0 Å². The summed E-state index contributed by atoms with van der Waals surface area (Å²) in [4.78, 5) is 8.36. The molecule has 0 unspecified atom stereocenters. The van der Waals surface area contributed by atoms with Crippen molar-refractivity contribution in [2.24, 2.45) is 0 Å². The Labute approximate surface area is 166 Å². The Bertz CT molecular complexity index is 1290. The van der Waals surface area contributed by atoms with Gasteiger partial charge in [-0.05, 0) is 41.8 Å². The molecular formula is C23H14Cl2N2. The fourth-order valence-electron chi connectivity index (χ4n) is 3.46. The van der Waals surface area contributed by atoms with Crippen molar-refractivity contribution in [2.75, 3.05) is 0 Å². The highest BCUT2D eigenvalue weighted by Gasteiger charge is 2.14. The number of benzene rings is 3. The van der Waals surface area contributed by atoms with E-state index in [0.29, 0.717) is 10.0 Å². The standard InChI is InChI=1S/C23H14Cl2N2/c24-16-8-5-14(6-9-16)22-11-15-7-10-17(25)12-19(15)23(27-22)20-13-26-21-4-2-1-3-18(20)21/h1-13,26H. The molecule has 0 aliphatic rings. The molecule has 0 radical (unpaired) electrons. The molecule has 0 aliphatic carbocycles. The van der Waals surface area contributed by atoms with Crippen molar-refractivity contribution >= 4 is 44.9 Å². The molecule has 0 saturated heterocycles. The van der Waals surface area contributed by atoms with E-state index in [2.05, 4.69) is 23.2 Å². The van der Waals surface area contributed by atoms with Crippen LogP contribution in [0.4, 0.5) is 0 Å². The van der Waals surface area contributed by atoms with Gasteiger partial charge in [0, 0.05) is 43.7 Å². The summed E-state index contributed by atoms with van der Waals surface area (Å²) in [5.41, 5.74) is 4.99. The lowest BCUT2D eigenvalue weighted by Gasteiger charge is -2.10. The number of H-pyrrole nitrogens is 1. The first-order valence-corrected chi connectivity index (χ1v) is 9.37. The van der Waals surface area contributed by atoms with Crippen LogP contribution in [0.1, 0.15) is 0 Å². The molecule has 5 rings (SSSR count). The molecule has 5 aromatic rings. The van der Waals surface area contributed by atoms with Crippen molar-refractivity contribution in [1.82, 2.24) is 9.97 Å². The number of hydrogen-bond donors (Lipinski definition) is 1. The molecule has 0 atom stereocenters. The van der Waals surface area contributed by atoms with Crippen LogP contribution in [0.5, 0.6) is 0 Å². The van der Waals surface area contributed by atoms with Crippen molar-refractivity contribution in [3.05, 3.63) is 89.0 Å². The lowest BCUT2D eigenvalue weighted by atomic mass is 10.0. The van der Waals surface area contributed by atoms with Crippen molar-refractivity contribution in [3.63, 3.8) is 0 Å². The summed E-state index contributed by atoms with van der Waals surface area (Å²) in [6, 6.07) is 24.0. The molecule has 3 aromatic carbocycles. The van der Waals surface area contributed by atoms with Gasteiger partial charge in [-0.3, -0.25) is 0 Å². The quantitative estimate of drug-likeness (QED) is 0.336. The number of pyridine rings is 1. The van der Waals surface area contributed by atoms with Crippen LogP contribution in [0, 0.1) is 0 Å². The number of fused-ring (bicyclic) bond motifs is 2. The number of halogens is 2. The number of aromatic amines is 1. The molecule has 2 nitrogen and oxygen atoms in total. The molecule has 0 fully saturated rings. The van der Waals surface area contributed by atoms with Crippen molar-refractivity contribution in [2.45, 2.75) is 0 Å². The zero-order chi connectivity index (χ0) is 18.4. The summed E-state index contributed by atoms with van der Waals surface area (Å²) in [6.07, 6.45) is 2.01. The van der Waals surface area contributed by atoms with E-state index in [9.17, 15) is 0 Å². The maximum atomic E-state index is 6.29. The van der Waals surface area contributed by atoms with Crippen molar-refractivity contribution in [3.8, 4) is 22.5 Å². The number of nitrogens with zero attached hydrogens (tertiary/aromatic N) is 1. The van der Waals surface area contributed by atoms with E-state index in [1.807, 2.05) is 60.8 Å². The van der Waals surface area contributed by atoms with Crippen LogP contribution in [-0.2, 0) is 0 Å². The molecule has 2 heterocycles.